The second kappa shape index (κ2) is 11.6. The first-order valence-electron chi connectivity index (χ1n) is 15.2. The summed E-state index contributed by atoms with van der Waals surface area (Å²) in [5.74, 6) is 2.83. The van der Waals surface area contributed by atoms with Gasteiger partial charge in [-0.1, -0.05) is 52.8 Å². The van der Waals surface area contributed by atoms with E-state index in [-0.39, 0.29) is 6.04 Å². The van der Waals surface area contributed by atoms with Crippen molar-refractivity contribution in [2.24, 2.45) is 11.8 Å². The summed E-state index contributed by atoms with van der Waals surface area (Å²) in [6.07, 6.45) is 12.9. The van der Waals surface area contributed by atoms with Gasteiger partial charge in [0.25, 0.3) is 0 Å². The number of nitrogens with zero attached hydrogens (tertiary/aromatic N) is 1. The fourth-order valence-electron chi connectivity index (χ4n) is 6.74. The highest BCUT2D eigenvalue weighted by Crippen LogP contribution is 2.48. The summed E-state index contributed by atoms with van der Waals surface area (Å²) in [7, 11) is 0. The molecule has 5 rings (SSSR count). The van der Waals surface area contributed by atoms with Crippen LogP contribution in [0.15, 0.2) is 30.9 Å². The number of aromatic nitrogens is 1. The number of nitrogens with two attached hydrogens (primary N) is 1. The van der Waals surface area contributed by atoms with Crippen molar-refractivity contribution in [3.63, 3.8) is 0 Å². The maximum Gasteiger partial charge on any atom is 0.110 e. The van der Waals surface area contributed by atoms with Crippen molar-refractivity contribution >= 4 is 23.3 Å². The quantitative estimate of drug-likeness (QED) is 0.244. The second-order valence-corrected chi connectivity index (χ2v) is 11.9. The normalized spacial score (nSPS) is 24.6. The molecule has 2 unspecified atom stereocenters. The SMILES string of the molecule is C=C(NC[C@@H]1NCC[C@@H]1CCC)c1cc(CC)c2c(c1)NC(c1cc(/C=C\CC)c(N)n1CC1CC1)C2C. The third-order valence-electron chi connectivity index (χ3n) is 9.14. The van der Waals surface area contributed by atoms with Crippen LogP contribution in [0.25, 0.3) is 11.8 Å². The summed E-state index contributed by atoms with van der Waals surface area (Å²) < 4.78 is 2.40. The number of benzene rings is 1. The van der Waals surface area contributed by atoms with Crippen LogP contribution in [-0.4, -0.2) is 23.7 Å². The molecule has 3 heterocycles. The van der Waals surface area contributed by atoms with Crippen LogP contribution in [0.4, 0.5) is 11.5 Å². The topological polar surface area (TPSA) is 67.0 Å². The number of hydrogen-bond donors (Lipinski definition) is 4. The van der Waals surface area contributed by atoms with E-state index >= 15 is 0 Å². The fraction of sp³-hybridized carbons (Fsp3) is 0.576. The second-order valence-electron chi connectivity index (χ2n) is 11.9. The van der Waals surface area contributed by atoms with Crippen LogP contribution in [-0.2, 0) is 13.0 Å². The Bertz CT molecular complexity index is 1170. The Morgan fingerprint density at radius 2 is 2.00 bits per heavy atom. The average molecular weight is 516 g/mol. The van der Waals surface area contributed by atoms with Crippen molar-refractivity contribution in [2.45, 2.75) is 97.2 Å². The molecule has 2 fully saturated rings. The van der Waals surface area contributed by atoms with E-state index < -0.39 is 0 Å². The standard InChI is InChI=1S/C33H49N5/c1-6-9-11-26-18-30(38(33(26)34)20-23-12-13-23)32-21(4)31-24(8-3)16-27(17-28(31)37-32)22(5)36-19-29-25(10-7-2)14-15-35-29/h9,11,16-18,21,23,25,29,32,35-37H,5-8,10,12-15,19-20,34H2,1-4H3/b11-9-/t21?,25-,29-,32?/m0/s1. The van der Waals surface area contributed by atoms with Gasteiger partial charge in [0.1, 0.15) is 5.82 Å². The van der Waals surface area contributed by atoms with E-state index in [9.17, 15) is 0 Å². The van der Waals surface area contributed by atoms with Gasteiger partial charge in [-0.05, 0) is 91.8 Å². The Labute approximate surface area is 230 Å². The summed E-state index contributed by atoms with van der Waals surface area (Å²) in [5.41, 5.74) is 15.6. The molecule has 0 bridgehead atoms. The van der Waals surface area contributed by atoms with Crippen LogP contribution in [0.2, 0.25) is 0 Å². The number of aryl methyl sites for hydroxylation is 1. The predicted molar refractivity (Wildman–Crippen MR) is 163 cm³/mol. The van der Waals surface area contributed by atoms with Crippen LogP contribution in [0.1, 0.15) is 106 Å². The van der Waals surface area contributed by atoms with Crippen molar-refractivity contribution in [2.75, 3.05) is 24.1 Å². The number of fused-ring (bicyclic) bond motifs is 1. The lowest BCUT2D eigenvalue weighted by atomic mass is 9.89. The lowest BCUT2D eigenvalue weighted by Crippen LogP contribution is -2.37. The molecule has 5 N–H and O–H groups in total. The Morgan fingerprint density at radius 1 is 1.18 bits per heavy atom. The third kappa shape index (κ3) is 5.40. The summed E-state index contributed by atoms with van der Waals surface area (Å²) in [6, 6.07) is 7.77. The first-order chi connectivity index (χ1) is 18.4. The van der Waals surface area contributed by atoms with Gasteiger partial charge < -0.3 is 26.3 Å². The predicted octanol–water partition coefficient (Wildman–Crippen LogP) is 7.07. The molecule has 206 valence electrons. The van der Waals surface area contributed by atoms with E-state index in [4.69, 9.17) is 5.73 Å². The number of anilines is 2. The van der Waals surface area contributed by atoms with Crippen molar-refractivity contribution in [1.82, 2.24) is 15.2 Å². The minimum atomic E-state index is 0.217. The molecule has 5 heteroatoms. The van der Waals surface area contributed by atoms with Crippen LogP contribution in [0.5, 0.6) is 0 Å². The fourth-order valence-corrected chi connectivity index (χ4v) is 6.74. The van der Waals surface area contributed by atoms with Gasteiger partial charge in [-0.3, -0.25) is 0 Å². The van der Waals surface area contributed by atoms with E-state index in [1.54, 1.807) is 0 Å². The molecule has 1 aliphatic carbocycles. The zero-order valence-electron chi connectivity index (χ0n) is 24.1. The van der Waals surface area contributed by atoms with E-state index in [1.165, 1.54) is 60.2 Å². The van der Waals surface area contributed by atoms with E-state index in [2.05, 4.69) is 85.1 Å². The highest BCUT2D eigenvalue weighted by Gasteiger charge is 2.36. The monoisotopic (exact) mass is 515 g/mol. The Balaban J connectivity index is 1.38. The molecule has 2 aliphatic heterocycles. The highest BCUT2D eigenvalue weighted by atomic mass is 15.1. The minimum absolute atomic E-state index is 0.217. The van der Waals surface area contributed by atoms with Crippen molar-refractivity contribution in [3.8, 4) is 0 Å². The summed E-state index contributed by atoms with van der Waals surface area (Å²) in [5, 5.41) is 11.3. The number of nitrogens with one attached hydrogen (secondary N) is 3. The molecule has 1 saturated heterocycles. The molecule has 4 atom stereocenters. The van der Waals surface area contributed by atoms with Gasteiger partial charge in [-0.2, -0.15) is 0 Å². The molecule has 1 aromatic carbocycles. The first-order valence-corrected chi connectivity index (χ1v) is 15.2. The molecule has 38 heavy (non-hydrogen) atoms. The molecule has 1 saturated carbocycles. The summed E-state index contributed by atoms with van der Waals surface area (Å²) in [4.78, 5) is 0. The lowest BCUT2D eigenvalue weighted by molar-refractivity contribution is 0.411. The summed E-state index contributed by atoms with van der Waals surface area (Å²) in [6.45, 7) is 16.7. The van der Waals surface area contributed by atoms with Crippen molar-refractivity contribution in [1.29, 1.82) is 0 Å². The molecule has 2 aromatic rings. The van der Waals surface area contributed by atoms with Crippen molar-refractivity contribution in [3.05, 3.63) is 58.8 Å². The van der Waals surface area contributed by atoms with E-state index in [1.807, 2.05) is 0 Å². The van der Waals surface area contributed by atoms with Gasteiger partial charge >= 0.3 is 0 Å². The van der Waals surface area contributed by atoms with E-state index in [0.29, 0.717) is 12.0 Å². The number of hydrogen-bond acceptors (Lipinski definition) is 4. The Morgan fingerprint density at radius 3 is 2.71 bits per heavy atom. The Kier molecular flexibility index (Phi) is 8.23. The maximum atomic E-state index is 6.73. The van der Waals surface area contributed by atoms with Crippen LogP contribution in [0, 0.1) is 11.8 Å². The van der Waals surface area contributed by atoms with Gasteiger partial charge in [0.05, 0.1) is 6.04 Å². The van der Waals surface area contributed by atoms with E-state index in [0.717, 1.165) is 61.4 Å². The van der Waals surface area contributed by atoms with Gasteiger partial charge in [0.15, 0.2) is 0 Å². The Hall–Kier alpha value is -2.66. The lowest BCUT2D eigenvalue weighted by Gasteiger charge is -2.22. The van der Waals surface area contributed by atoms with Crippen LogP contribution >= 0.6 is 0 Å². The number of nitrogen functional groups attached to an aromatic ring is 1. The van der Waals surface area contributed by atoms with Crippen LogP contribution in [0.3, 0.4) is 0 Å². The highest BCUT2D eigenvalue weighted by molar-refractivity contribution is 5.73. The number of allylic oxidation sites excluding steroid dienone is 1. The zero-order valence-corrected chi connectivity index (χ0v) is 24.1. The zero-order chi connectivity index (χ0) is 26.8. The molecular formula is C33H49N5. The molecule has 0 radical (unpaired) electrons. The number of rotatable bonds is 12. The van der Waals surface area contributed by atoms with Gasteiger partial charge in [-0.15, -0.1) is 0 Å². The molecule has 0 amide bonds. The van der Waals surface area contributed by atoms with Gasteiger partial charge in [0, 0.05) is 47.7 Å². The maximum absolute atomic E-state index is 6.73. The van der Waals surface area contributed by atoms with Crippen LogP contribution < -0.4 is 21.7 Å². The smallest absolute Gasteiger partial charge is 0.110 e. The molecule has 5 nitrogen and oxygen atoms in total. The van der Waals surface area contributed by atoms with Crippen molar-refractivity contribution < 1.29 is 0 Å². The molecule has 3 aliphatic rings. The van der Waals surface area contributed by atoms with Gasteiger partial charge in [0.2, 0.25) is 0 Å². The summed E-state index contributed by atoms with van der Waals surface area (Å²) >= 11 is 0. The van der Waals surface area contributed by atoms with Gasteiger partial charge in [-0.25, -0.2) is 0 Å². The average Bonchev–Trinajstić information content (AvgIpc) is 3.42. The largest absolute Gasteiger partial charge is 0.385 e. The third-order valence-corrected chi connectivity index (χ3v) is 9.14. The molecule has 1 aromatic heterocycles. The molecular weight excluding hydrogens is 466 g/mol. The first kappa shape index (κ1) is 26.9. The minimum Gasteiger partial charge on any atom is -0.385 e. The molecule has 0 spiro atoms.